The van der Waals surface area contributed by atoms with Crippen LogP contribution in [-0.4, -0.2) is 22.0 Å². The second-order valence-corrected chi connectivity index (χ2v) is 5.92. The van der Waals surface area contributed by atoms with Crippen LogP contribution in [0.1, 0.15) is 52.8 Å². The van der Waals surface area contributed by atoms with Crippen LogP contribution in [0.2, 0.25) is 0 Å². The monoisotopic (exact) mass is 328 g/mol. The Morgan fingerprint density at radius 2 is 1.96 bits per heavy atom. The van der Waals surface area contributed by atoms with Gasteiger partial charge < -0.3 is 10.4 Å². The summed E-state index contributed by atoms with van der Waals surface area (Å²) < 4.78 is 13.1. The molecule has 2 N–H and O–H groups in total. The Morgan fingerprint density at radius 1 is 1.25 bits per heavy atom. The van der Waals surface area contributed by atoms with Gasteiger partial charge in [-0.15, -0.1) is 0 Å². The predicted octanol–water partition coefficient (Wildman–Crippen LogP) is 3.04. The zero-order valence-corrected chi connectivity index (χ0v) is 12.9. The van der Waals surface area contributed by atoms with E-state index in [1.807, 2.05) is 0 Å². The topological polar surface area (TPSA) is 79.3 Å². The van der Waals surface area contributed by atoms with Gasteiger partial charge in [0.25, 0.3) is 5.91 Å². The van der Waals surface area contributed by atoms with Gasteiger partial charge in [-0.3, -0.25) is 14.6 Å². The van der Waals surface area contributed by atoms with E-state index < -0.39 is 17.8 Å². The summed E-state index contributed by atoms with van der Waals surface area (Å²) in [6, 6.07) is 8.06. The lowest BCUT2D eigenvalue weighted by Gasteiger charge is -2.17. The molecule has 1 heterocycles. The molecular weight excluding hydrogens is 311 g/mol. The van der Waals surface area contributed by atoms with E-state index in [1.165, 1.54) is 24.3 Å². The van der Waals surface area contributed by atoms with E-state index in [0.717, 1.165) is 18.5 Å². The van der Waals surface area contributed by atoms with Crippen molar-refractivity contribution in [2.45, 2.75) is 31.2 Å². The molecule has 1 aromatic heterocycles. The maximum Gasteiger partial charge on any atom is 0.305 e. The van der Waals surface area contributed by atoms with Crippen molar-refractivity contribution in [3.63, 3.8) is 0 Å². The Labute approximate surface area is 138 Å². The van der Waals surface area contributed by atoms with Crippen molar-refractivity contribution < 1.29 is 19.1 Å². The van der Waals surface area contributed by atoms with Crippen LogP contribution < -0.4 is 5.32 Å². The molecule has 1 saturated carbocycles. The minimum atomic E-state index is -1.04. The van der Waals surface area contributed by atoms with Gasteiger partial charge in [0.2, 0.25) is 0 Å². The van der Waals surface area contributed by atoms with E-state index in [4.69, 9.17) is 5.11 Å². The summed E-state index contributed by atoms with van der Waals surface area (Å²) in [7, 11) is 0. The first-order chi connectivity index (χ1) is 11.5. The average molecular weight is 328 g/mol. The number of hydrogen-bond donors (Lipinski definition) is 2. The number of nitrogens with zero attached hydrogens (tertiary/aromatic N) is 1. The third-order valence-corrected chi connectivity index (χ3v) is 4.00. The molecular formula is C18H17FN2O3. The number of carbonyl (C=O) groups is 2. The zero-order valence-electron chi connectivity index (χ0n) is 12.9. The number of rotatable bonds is 6. The Balaban J connectivity index is 1.78. The van der Waals surface area contributed by atoms with Crippen LogP contribution in [0, 0.1) is 5.82 Å². The minimum Gasteiger partial charge on any atom is -0.481 e. The molecule has 3 rings (SSSR count). The number of hydrogen-bond acceptors (Lipinski definition) is 3. The van der Waals surface area contributed by atoms with Crippen molar-refractivity contribution in [3.8, 4) is 0 Å². The Bertz CT molecular complexity index is 757. The molecule has 0 aliphatic heterocycles. The van der Waals surface area contributed by atoms with Gasteiger partial charge in [-0.1, -0.05) is 12.1 Å². The van der Waals surface area contributed by atoms with Crippen LogP contribution in [0.5, 0.6) is 0 Å². The van der Waals surface area contributed by atoms with E-state index in [-0.39, 0.29) is 12.3 Å². The van der Waals surface area contributed by atoms with E-state index in [9.17, 15) is 14.0 Å². The van der Waals surface area contributed by atoms with Crippen LogP contribution in [0.3, 0.4) is 0 Å². The van der Waals surface area contributed by atoms with Crippen molar-refractivity contribution >= 4 is 11.9 Å². The largest absolute Gasteiger partial charge is 0.481 e. The third-order valence-electron chi connectivity index (χ3n) is 4.00. The van der Waals surface area contributed by atoms with Crippen LogP contribution in [0.15, 0.2) is 42.6 Å². The summed E-state index contributed by atoms with van der Waals surface area (Å²) in [5.74, 6) is -1.40. The van der Waals surface area contributed by atoms with Gasteiger partial charge in [0, 0.05) is 23.4 Å². The number of halogens is 1. The zero-order chi connectivity index (χ0) is 17.1. The number of benzene rings is 1. The summed E-state index contributed by atoms with van der Waals surface area (Å²) in [5.41, 5.74) is 1.88. The first kappa shape index (κ1) is 16.1. The number of aromatic nitrogens is 1. The summed E-state index contributed by atoms with van der Waals surface area (Å²) >= 11 is 0. The number of pyridine rings is 1. The highest BCUT2D eigenvalue weighted by molar-refractivity contribution is 5.94. The van der Waals surface area contributed by atoms with Crippen LogP contribution >= 0.6 is 0 Å². The Kier molecular flexibility index (Phi) is 4.55. The molecule has 1 amide bonds. The molecule has 1 fully saturated rings. The van der Waals surface area contributed by atoms with Crippen molar-refractivity contribution in [1.82, 2.24) is 10.3 Å². The molecule has 1 aromatic carbocycles. The number of carboxylic acids is 1. The standard InChI is InChI=1S/C18H17FN2O3/c19-14-5-3-12(4-6-14)16(10-17(22)23)21-18(24)13-7-8-20-15(9-13)11-1-2-11/h3-9,11,16H,1-2,10H2,(H,21,24)(H,22,23). The van der Waals surface area contributed by atoms with Crippen molar-refractivity contribution in [3.05, 3.63) is 65.2 Å². The second kappa shape index (κ2) is 6.78. The summed E-state index contributed by atoms with van der Waals surface area (Å²) in [5, 5.41) is 11.8. The number of carboxylic acid groups (broad SMARTS) is 1. The van der Waals surface area contributed by atoms with Crippen molar-refractivity contribution in [2.75, 3.05) is 0 Å². The lowest BCUT2D eigenvalue weighted by Crippen LogP contribution is -2.30. The second-order valence-electron chi connectivity index (χ2n) is 5.92. The SMILES string of the molecule is O=C(O)CC(NC(=O)c1ccnc(C2CC2)c1)c1ccc(F)cc1. The maximum atomic E-state index is 13.1. The van der Waals surface area contributed by atoms with E-state index >= 15 is 0 Å². The maximum absolute atomic E-state index is 13.1. The molecule has 124 valence electrons. The van der Waals surface area contributed by atoms with Crippen LogP contribution in [0.4, 0.5) is 4.39 Å². The fraction of sp³-hybridized carbons (Fsp3) is 0.278. The minimum absolute atomic E-state index is 0.280. The highest BCUT2D eigenvalue weighted by Gasteiger charge is 2.26. The molecule has 0 radical (unpaired) electrons. The van der Waals surface area contributed by atoms with Gasteiger partial charge >= 0.3 is 5.97 Å². The number of amides is 1. The molecule has 0 spiro atoms. The van der Waals surface area contributed by atoms with Gasteiger partial charge in [0.05, 0.1) is 12.5 Å². The normalized spacial score (nSPS) is 14.9. The fourth-order valence-electron chi connectivity index (χ4n) is 2.56. The summed E-state index contributed by atoms with van der Waals surface area (Å²) in [6.07, 6.45) is 3.47. The average Bonchev–Trinajstić information content (AvgIpc) is 3.39. The van der Waals surface area contributed by atoms with Crippen LogP contribution in [-0.2, 0) is 4.79 Å². The highest BCUT2D eigenvalue weighted by atomic mass is 19.1. The Morgan fingerprint density at radius 3 is 2.58 bits per heavy atom. The smallest absolute Gasteiger partial charge is 0.305 e. The fourth-order valence-corrected chi connectivity index (χ4v) is 2.56. The molecule has 1 atom stereocenters. The van der Waals surface area contributed by atoms with Crippen LogP contribution in [0.25, 0.3) is 0 Å². The summed E-state index contributed by atoms with van der Waals surface area (Å²) in [4.78, 5) is 27.8. The number of aliphatic carboxylic acids is 1. The van der Waals surface area contributed by atoms with E-state index in [0.29, 0.717) is 17.0 Å². The highest BCUT2D eigenvalue weighted by Crippen LogP contribution is 2.39. The first-order valence-electron chi connectivity index (χ1n) is 7.77. The molecule has 6 heteroatoms. The molecule has 0 saturated heterocycles. The van der Waals surface area contributed by atoms with Crippen molar-refractivity contribution in [2.24, 2.45) is 0 Å². The number of nitrogens with one attached hydrogen (secondary N) is 1. The van der Waals surface area contributed by atoms with E-state index in [1.54, 1.807) is 18.3 Å². The lowest BCUT2D eigenvalue weighted by atomic mass is 10.0. The predicted molar refractivity (Wildman–Crippen MR) is 85.1 cm³/mol. The van der Waals surface area contributed by atoms with Gasteiger partial charge in [0.15, 0.2) is 0 Å². The molecule has 2 aromatic rings. The van der Waals surface area contributed by atoms with Gasteiger partial charge in [0.1, 0.15) is 5.82 Å². The molecule has 5 nitrogen and oxygen atoms in total. The third kappa shape index (κ3) is 3.95. The summed E-state index contributed by atoms with van der Waals surface area (Å²) in [6.45, 7) is 0. The van der Waals surface area contributed by atoms with Gasteiger partial charge in [-0.05, 0) is 42.7 Å². The molecule has 24 heavy (non-hydrogen) atoms. The van der Waals surface area contributed by atoms with Crippen molar-refractivity contribution in [1.29, 1.82) is 0 Å². The van der Waals surface area contributed by atoms with Gasteiger partial charge in [-0.2, -0.15) is 0 Å². The van der Waals surface area contributed by atoms with Gasteiger partial charge in [-0.25, -0.2) is 4.39 Å². The molecule has 1 unspecified atom stereocenters. The quantitative estimate of drug-likeness (QED) is 0.854. The number of carbonyl (C=O) groups excluding carboxylic acids is 1. The molecule has 1 aliphatic carbocycles. The first-order valence-corrected chi connectivity index (χ1v) is 7.77. The molecule has 1 aliphatic rings. The molecule has 0 bridgehead atoms. The van der Waals surface area contributed by atoms with E-state index in [2.05, 4.69) is 10.3 Å². The Hall–Kier alpha value is -2.76. The lowest BCUT2D eigenvalue weighted by molar-refractivity contribution is -0.137.